The first-order valence-electron chi connectivity index (χ1n) is 7.18. The third-order valence-corrected chi connectivity index (χ3v) is 4.00. The molecule has 1 heterocycles. The molecule has 0 spiro atoms. The van der Waals surface area contributed by atoms with Gasteiger partial charge in [0.05, 0.1) is 0 Å². The second-order valence-corrected chi connectivity index (χ2v) is 7.05. The van der Waals surface area contributed by atoms with Crippen molar-refractivity contribution >= 4 is 17.4 Å². The predicted molar refractivity (Wildman–Crippen MR) is 80.8 cm³/mol. The Labute approximate surface area is 121 Å². The molecule has 19 heavy (non-hydrogen) atoms. The summed E-state index contributed by atoms with van der Waals surface area (Å²) < 4.78 is 0. The third kappa shape index (κ3) is 3.82. The van der Waals surface area contributed by atoms with E-state index < -0.39 is 0 Å². The van der Waals surface area contributed by atoms with Gasteiger partial charge < -0.3 is 5.32 Å². The molecule has 2 unspecified atom stereocenters. The summed E-state index contributed by atoms with van der Waals surface area (Å²) >= 11 is 6.12. The SMILES string of the molecule is CC1CCCCC1Nc1cc(Cl)nc(C(C)(C)C)n1. The highest BCUT2D eigenvalue weighted by molar-refractivity contribution is 6.29. The topological polar surface area (TPSA) is 37.8 Å². The molecule has 1 N–H and O–H groups in total. The van der Waals surface area contributed by atoms with Crippen molar-refractivity contribution in [2.45, 2.75) is 64.8 Å². The average molecular weight is 282 g/mol. The Morgan fingerprint density at radius 1 is 1.21 bits per heavy atom. The van der Waals surface area contributed by atoms with Crippen LogP contribution in [0.2, 0.25) is 5.15 Å². The number of hydrogen-bond donors (Lipinski definition) is 1. The molecule has 0 aliphatic heterocycles. The second-order valence-electron chi connectivity index (χ2n) is 6.66. The molecule has 3 nitrogen and oxygen atoms in total. The molecular formula is C15H24ClN3. The van der Waals surface area contributed by atoms with E-state index in [0.29, 0.717) is 17.1 Å². The molecule has 1 aliphatic rings. The largest absolute Gasteiger partial charge is 0.367 e. The molecule has 1 aliphatic carbocycles. The number of halogens is 1. The Kier molecular flexibility index (Phi) is 4.34. The van der Waals surface area contributed by atoms with E-state index in [0.717, 1.165) is 11.6 Å². The predicted octanol–water partition coefficient (Wildman–Crippen LogP) is 4.42. The van der Waals surface area contributed by atoms with Gasteiger partial charge >= 0.3 is 0 Å². The molecule has 4 heteroatoms. The maximum Gasteiger partial charge on any atom is 0.137 e. The van der Waals surface area contributed by atoms with Crippen LogP contribution in [0.3, 0.4) is 0 Å². The molecule has 1 aromatic heterocycles. The minimum Gasteiger partial charge on any atom is -0.367 e. The van der Waals surface area contributed by atoms with Gasteiger partial charge in [-0.05, 0) is 18.8 Å². The highest BCUT2D eigenvalue weighted by atomic mass is 35.5. The molecule has 1 fully saturated rings. The first kappa shape index (κ1) is 14.6. The van der Waals surface area contributed by atoms with Gasteiger partial charge in [0, 0.05) is 17.5 Å². The molecule has 2 rings (SSSR count). The Balaban J connectivity index is 2.18. The van der Waals surface area contributed by atoms with Gasteiger partial charge in [0.15, 0.2) is 0 Å². The van der Waals surface area contributed by atoms with E-state index in [1.807, 2.05) is 6.07 Å². The van der Waals surface area contributed by atoms with Gasteiger partial charge in [-0.25, -0.2) is 9.97 Å². The quantitative estimate of drug-likeness (QED) is 0.816. The van der Waals surface area contributed by atoms with Crippen molar-refractivity contribution in [1.82, 2.24) is 9.97 Å². The van der Waals surface area contributed by atoms with Crippen molar-refractivity contribution in [3.05, 3.63) is 17.0 Å². The van der Waals surface area contributed by atoms with Gasteiger partial charge in [-0.2, -0.15) is 0 Å². The van der Waals surface area contributed by atoms with Crippen molar-refractivity contribution in [1.29, 1.82) is 0 Å². The summed E-state index contributed by atoms with van der Waals surface area (Å²) in [6.45, 7) is 8.62. The molecule has 0 radical (unpaired) electrons. The zero-order chi connectivity index (χ0) is 14.0. The Hall–Kier alpha value is -0.830. The van der Waals surface area contributed by atoms with E-state index in [2.05, 4.69) is 43.0 Å². The fourth-order valence-corrected chi connectivity index (χ4v) is 2.73. The number of aromatic nitrogens is 2. The first-order valence-corrected chi connectivity index (χ1v) is 7.55. The molecule has 2 atom stereocenters. The summed E-state index contributed by atoms with van der Waals surface area (Å²) in [6, 6.07) is 2.34. The van der Waals surface area contributed by atoms with Gasteiger partial charge in [0.2, 0.25) is 0 Å². The maximum absolute atomic E-state index is 6.12. The highest BCUT2D eigenvalue weighted by Crippen LogP contribution is 2.28. The molecular weight excluding hydrogens is 258 g/mol. The van der Waals surface area contributed by atoms with Crippen LogP contribution in [0.15, 0.2) is 6.07 Å². The summed E-state index contributed by atoms with van der Waals surface area (Å²) in [4.78, 5) is 8.96. The average Bonchev–Trinajstić information content (AvgIpc) is 2.30. The van der Waals surface area contributed by atoms with Crippen LogP contribution in [0.4, 0.5) is 5.82 Å². The van der Waals surface area contributed by atoms with Crippen molar-refractivity contribution < 1.29 is 0 Å². The van der Waals surface area contributed by atoms with Crippen LogP contribution in [0.5, 0.6) is 0 Å². The maximum atomic E-state index is 6.12. The van der Waals surface area contributed by atoms with E-state index in [1.54, 1.807) is 0 Å². The van der Waals surface area contributed by atoms with Crippen molar-refractivity contribution in [2.24, 2.45) is 5.92 Å². The third-order valence-electron chi connectivity index (χ3n) is 3.81. The van der Waals surface area contributed by atoms with Crippen LogP contribution < -0.4 is 5.32 Å². The fraction of sp³-hybridized carbons (Fsp3) is 0.733. The molecule has 1 saturated carbocycles. The first-order chi connectivity index (χ1) is 8.86. The number of rotatable bonds is 2. The van der Waals surface area contributed by atoms with Gasteiger partial charge in [-0.15, -0.1) is 0 Å². The van der Waals surface area contributed by atoms with Crippen molar-refractivity contribution in [3.63, 3.8) is 0 Å². The van der Waals surface area contributed by atoms with Crippen LogP contribution in [-0.4, -0.2) is 16.0 Å². The monoisotopic (exact) mass is 281 g/mol. The standard InChI is InChI=1S/C15H24ClN3/c1-10-7-5-6-8-11(10)17-13-9-12(16)18-14(19-13)15(2,3)4/h9-11H,5-8H2,1-4H3,(H,17,18,19). The molecule has 106 valence electrons. The number of nitrogens with zero attached hydrogens (tertiary/aromatic N) is 2. The minimum absolute atomic E-state index is 0.0838. The molecule has 0 bridgehead atoms. The molecule has 0 amide bonds. The molecule has 0 saturated heterocycles. The van der Waals surface area contributed by atoms with Gasteiger partial charge in [0.1, 0.15) is 16.8 Å². The van der Waals surface area contributed by atoms with E-state index in [-0.39, 0.29) is 5.41 Å². The van der Waals surface area contributed by atoms with E-state index in [4.69, 9.17) is 11.6 Å². The minimum atomic E-state index is -0.0838. The van der Waals surface area contributed by atoms with Crippen LogP contribution in [0, 0.1) is 5.92 Å². The van der Waals surface area contributed by atoms with Gasteiger partial charge in [-0.1, -0.05) is 52.1 Å². The zero-order valence-corrected chi connectivity index (χ0v) is 13.1. The van der Waals surface area contributed by atoms with Crippen molar-refractivity contribution in [3.8, 4) is 0 Å². The number of nitrogens with one attached hydrogen (secondary N) is 1. The lowest BCUT2D eigenvalue weighted by Gasteiger charge is -2.30. The summed E-state index contributed by atoms with van der Waals surface area (Å²) in [5.74, 6) is 2.36. The van der Waals surface area contributed by atoms with E-state index >= 15 is 0 Å². The van der Waals surface area contributed by atoms with E-state index in [9.17, 15) is 0 Å². The second kappa shape index (κ2) is 5.66. The van der Waals surface area contributed by atoms with Crippen LogP contribution >= 0.6 is 11.6 Å². The lowest BCUT2D eigenvalue weighted by Crippen LogP contribution is -2.31. The highest BCUT2D eigenvalue weighted by Gasteiger charge is 2.23. The Bertz CT molecular complexity index is 440. The van der Waals surface area contributed by atoms with Crippen molar-refractivity contribution in [2.75, 3.05) is 5.32 Å². The smallest absolute Gasteiger partial charge is 0.137 e. The van der Waals surface area contributed by atoms with Gasteiger partial charge in [-0.3, -0.25) is 0 Å². The molecule has 0 aromatic carbocycles. The lowest BCUT2D eigenvalue weighted by molar-refractivity contribution is 0.348. The summed E-state index contributed by atoms with van der Waals surface area (Å²) in [5.41, 5.74) is -0.0838. The number of anilines is 1. The van der Waals surface area contributed by atoms with Gasteiger partial charge in [0.25, 0.3) is 0 Å². The number of hydrogen-bond acceptors (Lipinski definition) is 3. The summed E-state index contributed by atoms with van der Waals surface area (Å²) in [5, 5.41) is 4.07. The van der Waals surface area contributed by atoms with Crippen LogP contribution in [0.25, 0.3) is 0 Å². The molecule has 1 aromatic rings. The lowest BCUT2D eigenvalue weighted by atomic mass is 9.86. The zero-order valence-electron chi connectivity index (χ0n) is 12.3. The Morgan fingerprint density at radius 2 is 1.89 bits per heavy atom. The van der Waals surface area contributed by atoms with E-state index in [1.165, 1.54) is 25.7 Å². The van der Waals surface area contributed by atoms with Crippen LogP contribution in [0.1, 0.15) is 59.2 Å². The summed E-state index contributed by atoms with van der Waals surface area (Å²) in [6.07, 6.45) is 5.15. The normalized spacial score (nSPS) is 24.3. The summed E-state index contributed by atoms with van der Waals surface area (Å²) in [7, 11) is 0. The Morgan fingerprint density at radius 3 is 2.53 bits per heavy atom. The van der Waals surface area contributed by atoms with Crippen LogP contribution in [-0.2, 0) is 5.41 Å². The fourth-order valence-electron chi connectivity index (χ4n) is 2.55.